The topological polar surface area (TPSA) is 45.9 Å². The maximum absolute atomic E-state index is 6.30. The summed E-state index contributed by atoms with van der Waals surface area (Å²) in [6, 6.07) is 10.6. The number of benzene rings is 1. The van der Waals surface area contributed by atoms with Crippen molar-refractivity contribution < 1.29 is 4.74 Å². The van der Waals surface area contributed by atoms with Gasteiger partial charge in [-0.05, 0) is 55.3 Å². The number of ether oxygens (including phenoxy) is 1. The normalized spacial score (nSPS) is 16.7. The molecule has 4 heterocycles. The molecule has 0 spiro atoms. The summed E-state index contributed by atoms with van der Waals surface area (Å²) in [5, 5.41) is 0.521. The number of morpholine rings is 1. The second-order valence-corrected chi connectivity index (χ2v) is 8.67. The first-order valence-electron chi connectivity index (χ1n) is 11.2. The van der Waals surface area contributed by atoms with E-state index in [1.165, 1.54) is 5.69 Å². The molecule has 5 rings (SSSR count). The lowest BCUT2D eigenvalue weighted by Crippen LogP contribution is -2.36. The molecule has 2 aliphatic rings. The first-order valence-corrected chi connectivity index (χ1v) is 11.6. The highest BCUT2D eigenvalue weighted by molar-refractivity contribution is 6.30. The number of aromatic nitrogens is 2. The molecule has 0 N–H and O–H groups in total. The lowest BCUT2D eigenvalue weighted by molar-refractivity contribution is 0.122. The molecule has 0 aliphatic carbocycles. The van der Waals surface area contributed by atoms with Crippen LogP contribution in [0.15, 0.2) is 53.8 Å². The Kier molecular flexibility index (Phi) is 5.89. The zero-order valence-electron chi connectivity index (χ0n) is 18.6. The van der Waals surface area contributed by atoms with Gasteiger partial charge in [0.1, 0.15) is 11.8 Å². The number of allylic oxidation sites excluding steroid dienone is 1. The van der Waals surface area contributed by atoms with Crippen LogP contribution < -0.4 is 9.80 Å². The number of hydrogen-bond donors (Lipinski definition) is 0. The summed E-state index contributed by atoms with van der Waals surface area (Å²) in [5.41, 5.74) is 7.56. The molecule has 2 aliphatic heterocycles. The van der Waals surface area contributed by atoms with Gasteiger partial charge in [-0.3, -0.25) is 4.99 Å². The Hall–Kier alpha value is -2.83. The highest BCUT2D eigenvalue weighted by Gasteiger charge is 2.18. The van der Waals surface area contributed by atoms with E-state index < -0.39 is 0 Å². The number of nitrogens with zero attached hydrogens (tertiary/aromatic N) is 5. The summed E-state index contributed by atoms with van der Waals surface area (Å²) in [6.45, 7) is 9.27. The summed E-state index contributed by atoms with van der Waals surface area (Å²) in [7, 11) is 0. The van der Waals surface area contributed by atoms with Crippen LogP contribution in [-0.2, 0) is 11.3 Å². The number of aryl methyl sites for hydroxylation is 2. The fraction of sp³-hybridized carbons (Fsp3) is 0.360. The van der Waals surface area contributed by atoms with Gasteiger partial charge < -0.3 is 19.1 Å². The van der Waals surface area contributed by atoms with Gasteiger partial charge >= 0.3 is 0 Å². The van der Waals surface area contributed by atoms with E-state index in [1.54, 1.807) is 0 Å². The molecule has 0 atom stereocenters. The van der Waals surface area contributed by atoms with Gasteiger partial charge in [0.25, 0.3) is 0 Å². The number of anilines is 2. The molecule has 1 aromatic carbocycles. The Balaban J connectivity index is 1.38. The van der Waals surface area contributed by atoms with E-state index in [4.69, 9.17) is 21.3 Å². The van der Waals surface area contributed by atoms with Gasteiger partial charge in [0.05, 0.1) is 30.0 Å². The number of fused-ring (bicyclic) bond motifs is 1. The molecule has 1 fully saturated rings. The first kappa shape index (κ1) is 21.0. The zero-order chi connectivity index (χ0) is 22.1. The van der Waals surface area contributed by atoms with Crippen molar-refractivity contribution in [2.45, 2.75) is 26.8 Å². The van der Waals surface area contributed by atoms with Crippen LogP contribution in [0.25, 0.3) is 11.0 Å². The third-order valence-corrected chi connectivity index (χ3v) is 6.28. The summed E-state index contributed by atoms with van der Waals surface area (Å²) >= 11 is 6.30. The predicted octanol–water partition coefficient (Wildman–Crippen LogP) is 5.03. The van der Waals surface area contributed by atoms with Crippen LogP contribution in [0.3, 0.4) is 0 Å². The van der Waals surface area contributed by atoms with Crippen molar-refractivity contribution in [3.05, 3.63) is 65.1 Å². The van der Waals surface area contributed by atoms with Gasteiger partial charge in [-0.2, -0.15) is 0 Å². The molecular weight excluding hydrogens is 422 g/mol. The van der Waals surface area contributed by atoms with Crippen molar-refractivity contribution in [1.29, 1.82) is 0 Å². The van der Waals surface area contributed by atoms with Gasteiger partial charge in [-0.25, -0.2) is 4.98 Å². The van der Waals surface area contributed by atoms with E-state index in [0.717, 1.165) is 72.8 Å². The van der Waals surface area contributed by atoms with E-state index in [-0.39, 0.29) is 0 Å². The largest absolute Gasteiger partial charge is 0.378 e. The monoisotopic (exact) mass is 449 g/mol. The van der Waals surface area contributed by atoms with Crippen LogP contribution in [0.5, 0.6) is 0 Å². The minimum absolute atomic E-state index is 0.521. The van der Waals surface area contributed by atoms with E-state index in [9.17, 15) is 0 Å². The van der Waals surface area contributed by atoms with Crippen LogP contribution in [0.4, 0.5) is 11.4 Å². The molecule has 0 amide bonds. The highest BCUT2D eigenvalue weighted by atomic mass is 35.5. The lowest BCUT2D eigenvalue weighted by Gasteiger charge is -2.29. The second kappa shape index (κ2) is 8.96. The van der Waals surface area contributed by atoms with Gasteiger partial charge in [0.2, 0.25) is 0 Å². The standard InChI is InChI=1S/C25H28ClN5O/c1-3-9-30-16-21(24-25(30)18(2)15-23(26)28-24)22-8-10-31(17-27-22)20-6-4-19(5-7-20)29-11-13-32-14-12-29/h4-8,10,15-16H,3,9,11-14,17H2,1-2H3. The third-order valence-electron chi connectivity index (χ3n) is 6.08. The fourth-order valence-electron chi connectivity index (χ4n) is 4.49. The molecule has 32 heavy (non-hydrogen) atoms. The molecule has 1 saturated heterocycles. The Bertz CT molecular complexity index is 1180. The molecule has 3 aromatic rings. The minimum atomic E-state index is 0.521. The third kappa shape index (κ3) is 4.00. The van der Waals surface area contributed by atoms with Crippen molar-refractivity contribution in [3.8, 4) is 0 Å². The van der Waals surface area contributed by atoms with Crippen molar-refractivity contribution in [3.63, 3.8) is 0 Å². The van der Waals surface area contributed by atoms with Gasteiger partial charge in [0.15, 0.2) is 0 Å². The molecule has 166 valence electrons. The van der Waals surface area contributed by atoms with E-state index in [2.05, 4.69) is 75.9 Å². The average Bonchev–Trinajstić information content (AvgIpc) is 3.18. The first-order chi connectivity index (χ1) is 15.6. The van der Waals surface area contributed by atoms with E-state index in [0.29, 0.717) is 11.8 Å². The van der Waals surface area contributed by atoms with Gasteiger partial charge in [-0.1, -0.05) is 18.5 Å². The number of aliphatic imine (C=N–C) groups is 1. The van der Waals surface area contributed by atoms with Crippen molar-refractivity contribution in [1.82, 2.24) is 9.55 Å². The SMILES string of the molecule is CCCn1cc(C2=NCN(c3ccc(N4CCOCC4)cc3)C=C2)c2nc(Cl)cc(C)c21. The van der Waals surface area contributed by atoms with Crippen LogP contribution >= 0.6 is 11.6 Å². The Labute approximate surface area is 193 Å². The summed E-state index contributed by atoms with van der Waals surface area (Å²) in [6.07, 6.45) is 7.40. The average molecular weight is 450 g/mol. The van der Waals surface area contributed by atoms with Gasteiger partial charge in [0, 0.05) is 49.0 Å². The van der Waals surface area contributed by atoms with Crippen LogP contribution in [0.1, 0.15) is 24.5 Å². The number of halogens is 1. The quantitative estimate of drug-likeness (QED) is 0.513. The molecule has 7 heteroatoms. The van der Waals surface area contributed by atoms with Crippen molar-refractivity contribution in [2.75, 3.05) is 42.8 Å². The Morgan fingerprint density at radius 2 is 1.84 bits per heavy atom. The Morgan fingerprint density at radius 1 is 1.09 bits per heavy atom. The van der Waals surface area contributed by atoms with Crippen LogP contribution in [0.2, 0.25) is 5.15 Å². The molecule has 2 aromatic heterocycles. The second-order valence-electron chi connectivity index (χ2n) is 8.28. The summed E-state index contributed by atoms with van der Waals surface area (Å²) in [4.78, 5) is 14.1. The number of rotatable bonds is 5. The van der Waals surface area contributed by atoms with Crippen molar-refractivity contribution in [2.24, 2.45) is 4.99 Å². The fourth-order valence-corrected chi connectivity index (χ4v) is 4.74. The van der Waals surface area contributed by atoms with E-state index in [1.807, 2.05) is 6.07 Å². The molecule has 0 saturated carbocycles. The van der Waals surface area contributed by atoms with Gasteiger partial charge in [-0.15, -0.1) is 0 Å². The number of hydrogen-bond acceptors (Lipinski definition) is 5. The summed E-state index contributed by atoms with van der Waals surface area (Å²) in [5.74, 6) is 0. The molecule has 6 nitrogen and oxygen atoms in total. The molecule has 0 unspecified atom stereocenters. The highest BCUT2D eigenvalue weighted by Crippen LogP contribution is 2.28. The minimum Gasteiger partial charge on any atom is -0.378 e. The molecular formula is C25H28ClN5O. The van der Waals surface area contributed by atoms with E-state index >= 15 is 0 Å². The summed E-state index contributed by atoms with van der Waals surface area (Å²) < 4.78 is 7.73. The molecule has 0 bridgehead atoms. The smallest absolute Gasteiger partial charge is 0.130 e. The van der Waals surface area contributed by atoms with Crippen LogP contribution in [0, 0.1) is 6.92 Å². The zero-order valence-corrected chi connectivity index (χ0v) is 19.3. The van der Waals surface area contributed by atoms with Crippen molar-refractivity contribution >= 4 is 39.7 Å². The maximum Gasteiger partial charge on any atom is 0.130 e. The predicted molar refractivity (Wildman–Crippen MR) is 132 cm³/mol. The molecule has 0 radical (unpaired) electrons. The maximum atomic E-state index is 6.30. The lowest BCUT2D eigenvalue weighted by atomic mass is 10.1. The van der Waals surface area contributed by atoms with Crippen LogP contribution in [-0.4, -0.2) is 48.2 Å². The number of pyridine rings is 1. The Morgan fingerprint density at radius 3 is 2.53 bits per heavy atom.